The van der Waals surface area contributed by atoms with Gasteiger partial charge >= 0.3 is 0 Å². The van der Waals surface area contributed by atoms with Crippen molar-refractivity contribution in [2.24, 2.45) is 4.99 Å². The number of benzene rings is 2. The van der Waals surface area contributed by atoms with Gasteiger partial charge in [-0.15, -0.1) is 24.0 Å². The molecule has 0 aromatic heterocycles. The van der Waals surface area contributed by atoms with Gasteiger partial charge in [0.2, 0.25) is 0 Å². The van der Waals surface area contributed by atoms with Crippen molar-refractivity contribution in [3.05, 3.63) is 71.3 Å². The van der Waals surface area contributed by atoms with Crippen LogP contribution in [0.1, 0.15) is 48.7 Å². The Morgan fingerprint density at radius 3 is 2.22 bits per heavy atom. The van der Waals surface area contributed by atoms with E-state index in [0.717, 1.165) is 37.6 Å². The molecule has 2 aromatic carbocycles. The molecule has 0 bridgehead atoms. The molecule has 0 fully saturated rings. The van der Waals surface area contributed by atoms with E-state index in [1.165, 1.54) is 5.56 Å². The number of nitrogens with zero attached hydrogens (tertiary/aromatic N) is 2. The van der Waals surface area contributed by atoms with Gasteiger partial charge < -0.3 is 16.0 Å². The molecule has 1 atom stereocenters. The van der Waals surface area contributed by atoms with Crippen LogP contribution in [-0.4, -0.2) is 49.5 Å². The van der Waals surface area contributed by atoms with Gasteiger partial charge in [-0.2, -0.15) is 0 Å². The predicted molar refractivity (Wildman–Crippen MR) is 145 cm³/mol. The van der Waals surface area contributed by atoms with Crippen LogP contribution in [-0.2, 0) is 13.1 Å². The van der Waals surface area contributed by atoms with Gasteiger partial charge in [0.25, 0.3) is 5.91 Å². The molecule has 2 rings (SSSR count). The summed E-state index contributed by atoms with van der Waals surface area (Å²) < 4.78 is 0. The molecule has 32 heavy (non-hydrogen) atoms. The Balaban J connectivity index is 0.00000512. The first-order chi connectivity index (χ1) is 15.0. The highest BCUT2D eigenvalue weighted by Crippen LogP contribution is 2.08. The number of halogens is 1. The van der Waals surface area contributed by atoms with Gasteiger partial charge in [0, 0.05) is 37.8 Å². The number of hydrogen-bond donors (Lipinski definition) is 3. The second-order valence-electron chi connectivity index (χ2n) is 7.72. The second kappa shape index (κ2) is 15.6. The lowest BCUT2D eigenvalue weighted by Gasteiger charge is -2.25. The summed E-state index contributed by atoms with van der Waals surface area (Å²) in [5.74, 6) is 0.770. The molecule has 3 N–H and O–H groups in total. The summed E-state index contributed by atoms with van der Waals surface area (Å²) in [7, 11) is 2.17. The van der Waals surface area contributed by atoms with E-state index in [9.17, 15) is 4.79 Å². The Morgan fingerprint density at radius 1 is 0.938 bits per heavy atom. The van der Waals surface area contributed by atoms with Crippen LogP contribution in [0.25, 0.3) is 0 Å². The van der Waals surface area contributed by atoms with Gasteiger partial charge in [-0.1, -0.05) is 42.5 Å². The molecule has 176 valence electrons. The van der Waals surface area contributed by atoms with Gasteiger partial charge in [0.05, 0.1) is 6.54 Å². The highest BCUT2D eigenvalue weighted by molar-refractivity contribution is 14.0. The summed E-state index contributed by atoms with van der Waals surface area (Å²) in [6.45, 7) is 10.0. The first-order valence-corrected chi connectivity index (χ1v) is 11.2. The molecule has 6 nitrogen and oxygen atoms in total. The zero-order chi connectivity index (χ0) is 22.5. The van der Waals surface area contributed by atoms with Crippen LogP contribution in [0.3, 0.4) is 0 Å². The highest BCUT2D eigenvalue weighted by Gasteiger charge is 2.10. The molecule has 0 saturated carbocycles. The van der Waals surface area contributed by atoms with Crippen LogP contribution < -0.4 is 16.0 Å². The Morgan fingerprint density at radius 2 is 1.59 bits per heavy atom. The average Bonchev–Trinajstić information content (AvgIpc) is 2.78. The summed E-state index contributed by atoms with van der Waals surface area (Å²) >= 11 is 0. The number of rotatable bonds is 11. The second-order valence-corrected chi connectivity index (χ2v) is 7.72. The van der Waals surface area contributed by atoms with E-state index < -0.39 is 0 Å². The van der Waals surface area contributed by atoms with Gasteiger partial charge in [0.15, 0.2) is 5.96 Å². The van der Waals surface area contributed by atoms with E-state index >= 15 is 0 Å². The molecular formula is C25H38IN5O. The zero-order valence-electron chi connectivity index (χ0n) is 19.7. The molecule has 0 spiro atoms. The summed E-state index contributed by atoms with van der Waals surface area (Å²) in [5.41, 5.74) is 3.08. The van der Waals surface area contributed by atoms with Gasteiger partial charge in [0.1, 0.15) is 0 Å². The quantitative estimate of drug-likeness (QED) is 0.224. The molecule has 0 saturated heterocycles. The molecule has 0 aliphatic heterocycles. The summed E-state index contributed by atoms with van der Waals surface area (Å²) in [6, 6.07) is 18.6. The van der Waals surface area contributed by atoms with E-state index in [1.54, 1.807) is 0 Å². The summed E-state index contributed by atoms with van der Waals surface area (Å²) in [4.78, 5) is 18.9. The van der Waals surface area contributed by atoms with Crippen LogP contribution in [0.2, 0.25) is 0 Å². The maximum atomic E-state index is 11.9. The lowest BCUT2D eigenvalue weighted by atomic mass is 10.1. The predicted octanol–water partition coefficient (Wildman–Crippen LogP) is 4.02. The Hall–Kier alpha value is -2.13. The third-order valence-corrected chi connectivity index (χ3v) is 5.20. The van der Waals surface area contributed by atoms with Crippen molar-refractivity contribution in [3.63, 3.8) is 0 Å². The largest absolute Gasteiger partial charge is 0.357 e. The van der Waals surface area contributed by atoms with Crippen molar-refractivity contribution < 1.29 is 4.79 Å². The van der Waals surface area contributed by atoms with E-state index in [2.05, 4.69) is 77.1 Å². The van der Waals surface area contributed by atoms with Crippen molar-refractivity contribution in [1.29, 1.82) is 0 Å². The molecule has 1 amide bonds. The number of carbonyl (C=O) groups is 1. The molecule has 0 aliphatic rings. The van der Waals surface area contributed by atoms with Crippen LogP contribution in [0, 0.1) is 0 Å². The van der Waals surface area contributed by atoms with E-state index in [-0.39, 0.29) is 29.9 Å². The van der Waals surface area contributed by atoms with Crippen molar-refractivity contribution in [3.8, 4) is 0 Å². The molecule has 1 unspecified atom stereocenters. The minimum atomic E-state index is -0.0427. The number of aliphatic imine (C=N–C) groups is 1. The third-order valence-electron chi connectivity index (χ3n) is 5.20. The van der Waals surface area contributed by atoms with Crippen LogP contribution in [0.4, 0.5) is 0 Å². The van der Waals surface area contributed by atoms with Gasteiger partial charge in [-0.25, -0.2) is 4.99 Å². The van der Waals surface area contributed by atoms with E-state index in [1.807, 2.05) is 31.2 Å². The maximum absolute atomic E-state index is 11.9. The zero-order valence-corrected chi connectivity index (χ0v) is 22.1. The molecule has 0 aliphatic carbocycles. The Kier molecular flexibility index (Phi) is 13.6. The van der Waals surface area contributed by atoms with Gasteiger partial charge in [-0.05, 0) is 57.5 Å². The Labute approximate surface area is 210 Å². The minimum Gasteiger partial charge on any atom is -0.357 e. The lowest BCUT2D eigenvalue weighted by molar-refractivity contribution is 0.0956. The molecule has 2 aromatic rings. The average molecular weight is 552 g/mol. The van der Waals surface area contributed by atoms with Crippen molar-refractivity contribution in [1.82, 2.24) is 20.9 Å². The fourth-order valence-electron chi connectivity index (χ4n) is 3.18. The molecule has 0 heterocycles. The van der Waals surface area contributed by atoms with Crippen LogP contribution >= 0.6 is 24.0 Å². The normalized spacial score (nSPS) is 12.1. The minimum absolute atomic E-state index is 0. The number of amides is 1. The fraction of sp³-hybridized carbons (Fsp3) is 0.440. The Bertz CT molecular complexity index is 811. The monoisotopic (exact) mass is 551 g/mol. The van der Waals surface area contributed by atoms with Gasteiger partial charge in [-0.3, -0.25) is 9.69 Å². The van der Waals surface area contributed by atoms with E-state index in [4.69, 9.17) is 0 Å². The topological polar surface area (TPSA) is 68.8 Å². The molecule has 7 heteroatoms. The summed E-state index contributed by atoms with van der Waals surface area (Å²) in [6.07, 6.45) is 1.02. The SMILES string of the molecule is CCNC(=O)c1ccc(CN=C(NCC)NCCC(C)N(C)Cc2ccccc2)cc1.I. The number of guanidine groups is 1. The van der Waals surface area contributed by atoms with Crippen molar-refractivity contribution in [2.45, 2.75) is 46.3 Å². The van der Waals surface area contributed by atoms with Crippen LogP contribution in [0.15, 0.2) is 59.6 Å². The lowest BCUT2D eigenvalue weighted by Crippen LogP contribution is -2.40. The smallest absolute Gasteiger partial charge is 0.251 e. The van der Waals surface area contributed by atoms with E-state index in [0.29, 0.717) is 24.7 Å². The van der Waals surface area contributed by atoms with Crippen LogP contribution in [0.5, 0.6) is 0 Å². The number of carbonyl (C=O) groups excluding carboxylic acids is 1. The highest BCUT2D eigenvalue weighted by atomic mass is 127. The number of hydrogen-bond acceptors (Lipinski definition) is 3. The number of nitrogens with one attached hydrogen (secondary N) is 3. The first kappa shape index (κ1) is 27.9. The molecular weight excluding hydrogens is 513 g/mol. The summed E-state index contributed by atoms with van der Waals surface area (Å²) in [5, 5.41) is 9.55. The first-order valence-electron chi connectivity index (χ1n) is 11.2. The standard InChI is InChI=1S/C25H37N5O.HI/c1-5-26-24(31)23-14-12-21(13-15-23)18-29-25(27-6-2)28-17-16-20(3)30(4)19-22-10-8-7-9-11-22;/h7-15,20H,5-6,16-19H2,1-4H3,(H,26,31)(H2,27,28,29);1H. The molecule has 0 radical (unpaired) electrons. The van der Waals surface area contributed by atoms with Crippen molar-refractivity contribution in [2.75, 3.05) is 26.7 Å². The maximum Gasteiger partial charge on any atom is 0.251 e. The van der Waals surface area contributed by atoms with Crippen molar-refractivity contribution >= 4 is 35.8 Å². The third kappa shape index (κ3) is 9.99. The fourth-order valence-corrected chi connectivity index (χ4v) is 3.18.